The highest BCUT2D eigenvalue weighted by Crippen LogP contribution is 2.27. The molecule has 0 fully saturated rings. The minimum atomic E-state index is -1.02. The third kappa shape index (κ3) is 6.02. The van der Waals surface area contributed by atoms with Crippen LogP contribution in [0.4, 0.5) is 14.5 Å². The van der Waals surface area contributed by atoms with Gasteiger partial charge in [-0.25, -0.2) is 8.78 Å². The topological polar surface area (TPSA) is 66.8 Å². The lowest BCUT2D eigenvalue weighted by Gasteiger charge is -2.26. The van der Waals surface area contributed by atoms with Crippen molar-refractivity contribution in [2.45, 2.75) is 33.0 Å². The van der Waals surface area contributed by atoms with Crippen molar-refractivity contribution in [3.05, 3.63) is 89.5 Å². The molecule has 0 aliphatic carbocycles. The van der Waals surface area contributed by atoms with E-state index in [1.165, 1.54) is 0 Å². The van der Waals surface area contributed by atoms with Crippen LogP contribution in [0, 0.1) is 11.6 Å². The third-order valence-corrected chi connectivity index (χ3v) is 4.76. The van der Waals surface area contributed by atoms with E-state index >= 15 is 0 Å². The van der Waals surface area contributed by atoms with Crippen LogP contribution in [0.25, 0.3) is 11.1 Å². The Hall–Kier alpha value is -3.58. The number of aliphatic hydroxyl groups excluding tert-OH is 1. The van der Waals surface area contributed by atoms with Crippen molar-refractivity contribution in [3.8, 4) is 11.1 Å². The highest BCUT2D eigenvalue weighted by Gasteiger charge is 2.28. The lowest BCUT2D eigenvalue weighted by atomic mass is 10.0. The molecule has 3 rings (SSSR count). The summed E-state index contributed by atoms with van der Waals surface area (Å²) < 4.78 is 34.1. The average molecular weight is 453 g/mol. The molecule has 0 radical (unpaired) electrons. The van der Waals surface area contributed by atoms with E-state index < -0.39 is 41.2 Å². The molecule has 0 aromatic heterocycles. The standard InChI is InChI=1S/C26H25F2NO4/c1-26(2,3)33-23(31)15-29(25(32)24-21(27)8-5-9-22(24)28)20-7-4-6-19(14-20)18-12-10-17(16-30)11-13-18/h4-14,30H,15-16H2,1-3H3. The van der Waals surface area contributed by atoms with Crippen LogP contribution in [0.15, 0.2) is 66.7 Å². The van der Waals surface area contributed by atoms with Gasteiger partial charge in [0.2, 0.25) is 0 Å². The molecule has 0 bridgehead atoms. The molecule has 0 unspecified atom stereocenters. The number of hydrogen-bond donors (Lipinski definition) is 1. The number of aliphatic hydroxyl groups is 1. The Morgan fingerprint density at radius 2 is 1.52 bits per heavy atom. The quantitative estimate of drug-likeness (QED) is 0.527. The fourth-order valence-corrected chi connectivity index (χ4v) is 3.28. The largest absolute Gasteiger partial charge is 0.459 e. The van der Waals surface area contributed by atoms with Gasteiger partial charge in [0.25, 0.3) is 5.91 Å². The number of carbonyl (C=O) groups is 2. The fourth-order valence-electron chi connectivity index (χ4n) is 3.28. The van der Waals surface area contributed by atoms with Crippen molar-refractivity contribution < 1.29 is 28.2 Å². The summed E-state index contributed by atoms with van der Waals surface area (Å²) in [4.78, 5) is 26.8. The Balaban J connectivity index is 2.03. The predicted octanol–water partition coefficient (Wildman–Crippen LogP) is 5.11. The van der Waals surface area contributed by atoms with Crippen LogP contribution < -0.4 is 4.90 Å². The predicted molar refractivity (Wildman–Crippen MR) is 122 cm³/mol. The van der Waals surface area contributed by atoms with Crippen molar-refractivity contribution >= 4 is 17.6 Å². The van der Waals surface area contributed by atoms with Crippen LogP contribution in [0.1, 0.15) is 36.7 Å². The minimum absolute atomic E-state index is 0.0906. The van der Waals surface area contributed by atoms with Gasteiger partial charge in [-0.15, -0.1) is 0 Å². The van der Waals surface area contributed by atoms with Crippen LogP contribution in [-0.4, -0.2) is 29.1 Å². The molecule has 0 atom stereocenters. The first-order valence-electron chi connectivity index (χ1n) is 10.4. The molecule has 3 aromatic rings. The Kier molecular flexibility index (Phi) is 7.23. The first kappa shape index (κ1) is 24.1. The Morgan fingerprint density at radius 1 is 0.909 bits per heavy atom. The third-order valence-electron chi connectivity index (χ3n) is 4.76. The molecule has 172 valence electrons. The highest BCUT2D eigenvalue weighted by atomic mass is 19.1. The number of nitrogens with zero attached hydrogens (tertiary/aromatic N) is 1. The van der Waals surface area contributed by atoms with E-state index in [2.05, 4.69) is 0 Å². The zero-order chi connectivity index (χ0) is 24.2. The monoisotopic (exact) mass is 453 g/mol. The second kappa shape index (κ2) is 9.92. The van der Waals surface area contributed by atoms with Gasteiger partial charge in [0.05, 0.1) is 6.61 Å². The molecule has 1 N–H and O–H groups in total. The maximum Gasteiger partial charge on any atom is 0.326 e. The first-order chi connectivity index (χ1) is 15.6. The van der Waals surface area contributed by atoms with Crippen LogP contribution in [0.5, 0.6) is 0 Å². The van der Waals surface area contributed by atoms with Crippen molar-refractivity contribution in [3.63, 3.8) is 0 Å². The van der Waals surface area contributed by atoms with Crippen LogP contribution in [-0.2, 0) is 16.1 Å². The van der Waals surface area contributed by atoms with Gasteiger partial charge in [-0.2, -0.15) is 0 Å². The van der Waals surface area contributed by atoms with Crippen LogP contribution >= 0.6 is 0 Å². The summed E-state index contributed by atoms with van der Waals surface area (Å²) in [6.45, 7) is 4.43. The minimum Gasteiger partial charge on any atom is -0.459 e. The number of halogens is 2. The normalized spacial score (nSPS) is 11.2. The summed E-state index contributed by atoms with van der Waals surface area (Å²) in [6.07, 6.45) is 0. The van der Waals surface area contributed by atoms with Gasteiger partial charge in [-0.1, -0.05) is 42.5 Å². The lowest BCUT2D eigenvalue weighted by molar-refractivity contribution is -0.152. The average Bonchev–Trinajstić information content (AvgIpc) is 2.76. The molecule has 5 nitrogen and oxygen atoms in total. The van der Waals surface area contributed by atoms with E-state index in [4.69, 9.17) is 4.74 Å². The molecule has 1 amide bonds. The smallest absolute Gasteiger partial charge is 0.326 e. The van der Waals surface area contributed by atoms with E-state index in [1.807, 2.05) is 0 Å². The number of benzene rings is 3. The number of ether oxygens (including phenoxy) is 1. The van der Waals surface area contributed by atoms with Crippen LogP contribution in [0.2, 0.25) is 0 Å². The summed E-state index contributed by atoms with van der Waals surface area (Å²) in [5, 5.41) is 9.25. The lowest BCUT2D eigenvalue weighted by Crippen LogP contribution is -2.39. The molecule has 0 saturated carbocycles. The number of carbonyl (C=O) groups excluding carboxylic acids is 2. The molecule has 3 aromatic carbocycles. The summed E-state index contributed by atoms with van der Waals surface area (Å²) in [5.74, 6) is -3.76. The number of anilines is 1. The molecule has 0 aliphatic rings. The SMILES string of the molecule is CC(C)(C)OC(=O)CN(C(=O)c1c(F)cccc1F)c1cccc(-c2ccc(CO)cc2)c1. The van der Waals surface area contributed by atoms with Crippen molar-refractivity contribution in [1.29, 1.82) is 0 Å². The van der Waals surface area contributed by atoms with E-state index in [0.717, 1.165) is 34.2 Å². The Bertz CT molecular complexity index is 1130. The van der Waals surface area contributed by atoms with Gasteiger partial charge in [0, 0.05) is 5.69 Å². The fraction of sp³-hybridized carbons (Fsp3) is 0.231. The molecule has 0 spiro atoms. The highest BCUT2D eigenvalue weighted by molar-refractivity contribution is 6.09. The molecule has 33 heavy (non-hydrogen) atoms. The molecular weight excluding hydrogens is 428 g/mol. The summed E-state index contributed by atoms with van der Waals surface area (Å²) in [7, 11) is 0. The first-order valence-corrected chi connectivity index (χ1v) is 10.4. The van der Waals surface area contributed by atoms with Gasteiger partial charge in [-0.3, -0.25) is 14.5 Å². The summed E-state index contributed by atoms with van der Waals surface area (Å²) in [6, 6.07) is 17.0. The molecule has 0 saturated heterocycles. The second-order valence-electron chi connectivity index (χ2n) is 8.48. The Morgan fingerprint density at radius 3 is 2.09 bits per heavy atom. The van der Waals surface area contributed by atoms with E-state index in [0.29, 0.717) is 5.56 Å². The van der Waals surface area contributed by atoms with Crippen LogP contribution in [0.3, 0.4) is 0 Å². The molecular formula is C26H25F2NO4. The Labute approximate surface area is 191 Å². The maximum atomic E-state index is 14.4. The number of esters is 1. The van der Waals surface area contributed by atoms with Gasteiger partial charge in [0.1, 0.15) is 29.3 Å². The van der Waals surface area contributed by atoms with Gasteiger partial charge < -0.3 is 9.84 Å². The maximum absolute atomic E-state index is 14.4. The van der Waals surface area contributed by atoms with Crippen molar-refractivity contribution in [2.24, 2.45) is 0 Å². The summed E-state index contributed by atoms with van der Waals surface area (Å²) >= 11 is 0. The van der Waals surface area contributed by atoms with Gasteiger partial charge >= 0.3 is 5.97 Å². The second-order valence-corrected chi connectivity index (χ2v) is 8.48. The molecule has 0 aliphatic heterocycles. The zero-order valence-corrected chi connectivity index (χ0v) is 18.6. The van der Waals surface area contributed by atoms with E-state index in [1.54, 1.807) is 69.3 Å². The van der Waals surface area contributed by atoms with Crippen molar-refractivity contribution in [1.82, 2.24) is 0 Å². The van der Waals surface area contributed by atoms with Gasteiger partial charge in [0.15, 0.2) is 0 Å². The van der Waals surface area contributed by atoms with E-state index in [9.17, 15) is 23.5 Å². The number of amides is 1. The number of hydrogen-bond acceptors (Lipinski definition) is 4. The molecule has 0 heterocycles. The number of rotatable bonds is 6. The molecule has 7 heteroatoms. The zero-order valence-electron chi connectivity index (χ0n) is 18.6. The summed E-state index contributed by atoms with van der Waals surface area (Å²) in [5.41, 5.74) is 0.983. The van der Waals surface area contributed by atoms with Gasteiger partial charge in [-0.05, 0) is 61.7 Å². The van der Waals surface area contributed by atoms with E-state index in [-0.39, 0.29) is 12.3 Å². The van der Waals surface area contributed by atoms with Crippen molar-refractivity contribution in [2.75, 3.05) is 11.4 Å².